The molecular formula is C16H22N2O. The molecule has 0 radical (unpaired) electrons. The second kappa shape index (κ2) is 4.64. The van der Waals surface area contributed by atoms with E-state index in [4.69, 9.17) is 0 Å². The van der Waals surface area contributed by atoms with Crippen molar-refractivity contribution in [3.8, 4) is 0 Å². The lowest BCUT2D eigenvalue weighted by Gasteiger charge is -2.32. The first-order valence-electron chi connectivity index (χ1n) is 7.22. The molecule has 0 saturated carbocycles. The van der Waals surface area contributed by atoms with E-state index in [9.17, 15) is 4.79 Å². The molecule has 2 heterocycles. The Morgan fingerprint density at radius 1 is 1.16 bits per heavy atom. The molecule has 2 aliphatic heterocycles. The van der Waals surface area contributed by atoms with Crippen LogP contribution in [0.5, 0.6) is 0 Å². The van der Waals surface area contributed by atoms with Gasteiger partial charge in [-0.05, 0) is 57.8 Å². The van der Waals surface area contributed by atoms with Gasteiger partial charge in [0.05, 0.1) is 5.41 Å². The Bertz CT molecular complexity index is 503. The smallest absolute Gasteiger partial charge is 0.233 e. The van der Waals surface area contributed by atoms with Gasteiger partial charge in [-0.3, -0.25) is 4.79 Å². The van der Waals surface area contributed by atoms with Gasteiger partial charge in [0.25, 0.3) is 0 Å². The summed E-state index contributed by atoms with van der Waals surface area (Å²) in [5, 5.41) is 3.36. The molecule has 19 heavy (non-hydrogen) atoms. The van der Waals surface area contributed by atoms with Crippen molar-refractivity contribution >= 4 is 11.6 Å². The first kappa shape index (κ1) is 12.7. The lowest BCUT2D eigenvalue weighted by Crippen LogP contribution is -2.42. The van der Waals surface area contributed by atoms with Gasteiger partial charge in [-0.1, -0.05) is 17.7 Å². The van der Waals surface area contributed by atoms with E-state index in [1.54, 1.807) is 0 Å². The second-order valence-electron chi connectivity index (χ2n) is 6.03. The van der Waals surface area contributed by atoms with E-state index in [0.29, 0.717) is 5.91 Å². The number of piperidine rings is 1. The molecule has 0 atom stereocenters. The zero-order valence-corrected chi connectivity index (χ0v) is 11.8. The number of amides is 1. The van der Waals surface area contributed by atoms with Gasteiger partial charge in [-0.25, -0.2) is 0 Å². The standard InChI is InChI=1S/C16H22N2O/c1-12-3-4-14(13(2)11-12)18-10-7-16(15(18)19)5-8-17-9-6-16/h3-4,11,17H,5-10H2,1-2H3. The highest BCUT2D eigenvalue weighted by Gasteiger charge is 2.47. The summed E-state index contributed by atoms with van der Waals surface area (Å²) in [4.78, 5) is 14.8. The number of rotatable bonds is 1. The third kappa shape index (κ3) is 2.06. The largest absolute Gasteiger partial charge is 0.317 e. The lowest BCUT2D eigenvalue weighted by atomic mass is 9.77. The summed E-state index contributed by atoms with van der Waals surface area (Å²) in [7, 11) is 0. The van der Waals surface area contributed by atoms with Gasteiger partial charge in [-0.2, -0.15) is 0 Å². The molecule has 1 aromatic carbocycles. The minimum atomic E-state index is -0.0808. The van der Waals surface area contributed by atoms with E-state index in [1.165, 1.54) is 11.1 Å². The summed E-state index contributed by atoms with van der Waals surface area (Å²) in [6.45, 7) is 7.03. The topological polar surface area (TPSA) is 32.3 Å². The zero-order valence-electron chi connectivity index (χ0n) is 11.8. The first-order valence-corrected chi connectivity index (χ1v) is 7.22. The van der Waals surface area contributed by atoms with Crippen LogP contribution in [0.4, 0.5) is 5.69 Å². The summed E-state index contributed by atoms with van der Waals surface area (Å²) in [6, 6.07) is 6.36. The Kier molecular flexibility index (Phi) is 3.09. The van der Waals surface area contributed by atoms with Crippen LogP contribution in [0.15, 0.2) is 18.2 Å². The summed E-state index contributed by atoms with van der Waals surface area (Å²) in [5.41, 5.74) is 3.48. The number of anilines is 1. The van der Waals surface area contributed by atoms with Gasteiger partial charge >= 0.3 is 0 Å². The molecule has 0 aromatic heterocycles. The molecular weight excluding hydrogens is 236 g/mol. The molecule has 3 nitrogen and oxygen atoms in total. The minimum absolute atomic E-state index is 0.0808. The molecule has 0 unspecified atom stereocenters. The SMILES string of the molecule is Cc1ccc(N2CCC3(CCNCC3)C2=O)c(C)c1. The Morgan fingerprint density at radius 2 is 1.89 bits per heavy atom. The van der Waals surface area contributed by atoms with Crippen molar-refractivity contribution in [2.24, 2.45) is 5.41 Å². The van der Waals surface area contributed by atoms with Crippen molar-refractivity contribution in [2.75, 3.05) is 24.5 Å². The van der Waals surface area contributed by atoms with Crippen LogP contribution in [-0.4, -0.2) is 25.5 Å². The van der Waals surface area contributed by atoms with Gasteiger partial charge < -0.3 is 10.2 Å². The quantitative estimate of drug-likeness (QED) is 0.839. The maximum Gasteiger partial charge on any atom is 0.233 e. The molecule has 2 fully saturated rings. The molecule has 1 amide bonds. The van der Waals surface area contributed by atoms with Crippen molar-refractivity contribution in [1.82, 2.24) is 5.32 Å². The number of carbonyl (C=O) groups is 1. The predicted octanol–water partition coefficient (Wildman–Crippen LogP) is 2.41. The van der Waals surface area contributed by atoms with E-state index in [2.05, 4.69) is 37.4 Å². The molecule has 102 valence electrons. The van der Waals surface area contributed by atoms with Crippen LogP contribution in [0.25, 0.3) is 0 Å². The summed E-state index contributed by atoms with van der Waals surface area (Å²) in [6.07, 6.45) is 3.00. The van der Waals surface area contributed by atoms with E-state index in [-0.39, 0.29) is 5.41 Å². The second-order valence-corrected chi connectivity index (χ2v) is 6.03. The maximum absolute atomic E-state index is 12.8. The van der Waals surface area contributed by atoms with Crippen molar-refractivity contribution < 1.29 is 4.79 Å². The fourth-order valence-electron chi connectivity index (χ4n) is 3.53. The Balaban J connectivity index is 1.89. The highest BCUT2D eigenvalue weighted by atomic mass is 16.2. The number of aryl methyl sites for hydroxylation is 2. The van der Waals surface area contributed by atoms with Gasteiger partial charge in [0.2, 0.25) is 5.91 Å². The summed E-state index contributed by atoms with van der Waals surface area (Å²) < 4.78 is 0. The lowest BCUT2D eigenvalue weighted by molar-refractivity contribution is -0.126. The fraction of sp³-hybridized carbons (Fsp3) is 0.562. The van der Waals surface area contributed by atoms with E-state index in [1.807, 2.05) is 4.90 Å². The van der Waals surface area contributed by atoms with Crippen LogP contribution in [0.3, 0.4) is 0 Å². The normalized spacial score (nSPS) is 22.2. The molecule has 1 N–H and O–H groups in total. The summed E-state index contributed by atoms with van der Waals surface area (Å²) >= 11 is 0. The minimum Gasteiger partial charge on any atom is -0.317 e. The van der Waals surface area contributed by atoms with Crippen LogP contribution in [0.2, 0.25) is 0 Å². The van der Waals surface area contributed by atoms with Gasteiger partial charge in [0.1, 0.15) is 0 Å². The Hall–Kier alpha value is -1.35. The number of carbonyl (C=O) groups excluding carboxylic acids is 1. The van der Waals surface area contributed by atoms with Gasteiger partial charge in [0.15, 0.2) is 0 Å². The molecule has 1 aromatic rings. The monoisotopic (exact) mass is 258 g/mol. The molecule has 2 saturated heterocycles. The molecule has 0 bridgehead atoms. The molecule has 0 aliphatic carbocycles. The van der Waals surface area contributed by atoms with Gasteiger partial charge in [-0.15, -0.1) is 0 Å². The highest BCUT2D eigenvalue weighted by molar-refractivity contribution is 6.00. The van der Waals surface area contributed by atoms with Crippen molar-refractivity contribution in [2.45, 2.75) is 33.1 Å². The van der Waals surface area contributed by atoms with Crippen molar-refractivity contribution in [3.63, 3.8) is 0 Å². The van der Waals surface area contributed by atoms with Crippen LogP contribution in [-0.2, 0) is 4.79 Å². The van der Waals surface area contributed by atoms with Crippen LogP contribution >= 0.6 is 0 Å². The van der Waals surface area contributed by atoms with Crippen molar-refractivity contribution in [1.29, 1.82) is 0 Å². The van der Waals surface area contributed by atoms with Crippen LogP contribution in [0, 0.1) is 19.3 Å². The van der Waals surface area contributed by atoms with E-state index in [0.717, 1.165) is 44.6 Å². The molecule has 2 aliphatic rings. The first-order chi connectivity index (χ1) is 9.12. The third-order valence-electron chi connectivity index (χ3n) is 4.72. The van der Waals surface area contributed by atoms with Crippen LogP contribution in [0.1, 0.15) is 30.4 Å². The molecule has 3 rings (SSSR count). The van der Waals surface area contributed by atoms with E-state index < -0.39 is 0 Å². The number of nitrogens with zero attached hydrogens (tertiary/aromatic N) is 1. The maximum atomic E-state index is 12.8. The number of nitrogens with one attached hydrogen (secondary N) is 1. The third-order valence-corrected chi connectivity index (χ3v) is 4.72. The molecule has 3 heteroatoms. The molecule has 1 spiro atoms. The Morgan fingerprint density at radius 3 is 2.58 bits per heavy atom. The van der Waals surface area contributed by atoms with Crippen molar-refractivity contribution in [3.05, 3.63) is 29.3 Å². The fourth-order valence-corrected chi connectivity index (χ4v) is 3.53. The Labute approximate surface area is 115 Å². The van der Waals surface area contributed by atoms with Gasteiger partial charge in [0, 0.05) is 12.2 Å². The average molecular weight is 258 g/mol. The number of hydrogen-bond acceptors (Lipinski definition) is 2. The zero-order chi connectivity index (χ0) is 13.5. The average Bonchev–Trinajstić information content (AvgIpc) is 2.69. The number of hydrogen-bond donors (Lipinski definition) is 1. The highest BCUT2D eigenvalue weighted by Crippen LogP contribution is 2.42. The number of benzene rings is 1. The summed E-state index contributed by atoms with van der Waals surface area (Å²) in [5.74, 6) is 0.348. The van der Waals surface area contributed by atoms with Crippen LogP contribution < -0.4 is 10.2 Å². The predicted molar refractivity (Wildman–Crippen MR) is 77.4 cm³/mol. The van der Waals surface area contributed by atoms with E-state index >= 15 is 0 Å².